The normalized spacial score (nSPS) is 11.4. The van der Waals surface area contributed by atoms with Crippen molar-refractivity contribution in [2.45, 2.75) is 6.61 Å². The van der Waals surface area contributed by atoms with Crippen molar-refractivity contribution >= 4 is 27.3 Å². The highest BCUT2D eigenvalue weighted by atomic mass is 32.1. The van der Waals surface area contributed by atoms with E-state index in [4.69, 9.17) is 18.6 Å². The Morgan fingerprint density at radius 2 is 1.91 bits per heavy atom. The zero-order valence-corrected chi connectivity index (χ0v) is 19.0. The Hall–Kier alpha value is -4.38. The summed E-state index contributed by atoms with van der Waals surface area (Å²) in [6.45, 7) is 0.255. The van der Waals surface area contributed by atoms with Gasteiger partial charge in [-0.3, -0.25) is 0 Å². The molecule has 34 heavy (non-hydrogen) atoms. The Morgan fingerprint density at radius 3 is 2.74 bits per heavy atom. The second kappa shape index (κ2) is 8.19. The monoisotopic (exact) mass is 474 g/mol. The predicted molar refractivity (Wildman–Crippen MR) is 125 cm³/mol. The Balaban J connectivity index is 1.37. The highest BCUT2D eigenvalue weighted by molar-refractivity contribution is 7.18. The second-order valence-electron chi connectivity index (χ2n) is 7.32. The van der Waals surface area contributed by atoms with Gasteiger partial charge in [0.1, 0.15) is 35.1 Å². The molecule has 0 saturated heterocycles. The molecule has 4 heterocycles. The van der Waals surface area contributed by atoms with Crippen molar-refractivity contribution in [3.8, 4) is 33.8 Å². The molecule has 0 N–H and O–H groups in total. The van der Waals surface area contributed by atoms with Crippen molar-refractivity contribution in [2.24, 2.45) is 0 Å². The molecule has 0 fully saturated rings. The van der Waals surface area contributed by atoms with Crippen LogP contribution in [-0.4, -0.2) is 43.8 Å². The molecule has 6 rings (SSSR count). The summed E-state index contributed by atoms with van der Waals surface area (Å²) >= 11 is 1.35. The summed E-state index contributed by atoms with van der Waals surface area (Å²) in [7, 11) is 3.18. The standard InChI is InChI=1S/C23H18N6O4S/c1-30-16-8-19(32-13-15-11-25-27-28(15)14-6-4-3-5-7-14)17-10-21(33-20(17)9-16)18-12-24-22-29(18)26-23(31-2)34-22/h3-12H,13H2,1-2H3. The van der Waals surface area contributed by atoms with Crippen LogP contribution in [0, 0.1) is 0 Å². The molecule has 170 valence electrons. The Kier molecular flexibility index (Phi) is 4.88. The molecule has 0 aliphatic carbocycles. The van der Waals surface area contributed by atoms with Crippen LogP contribution in [0.4, 0.5) is 0 Å². The largest absolute Gasteiger partial charge is 0.496 e. The number of aromatic nitrogens is 6. The molecule has 10 nitrogen and oxygen atoms in total. The van der Waals surface area contributed by atoms with Crippen LogP contribution in [0.3, 0.4) is 0 Å². The Bertz CT molecular complexity index is 1600. The number of rotatable bonds is 7. The zero-order chi connectivity index (χ0) is 23.1. The first-order valence-electron chi connectivity index (χ1n) is 10.3. The van der Waals surface area contributed by atoms with Crippen LogP contribution in [-0.2, 0) is 6.61 Å². The molecule has 0 unspecified atom stereocenters. The third-order valence-corrected chi connectivity index (χ3v) is 6.18. The molecule has 0 radical (unpaired) electrons. The topological polar surface area (TPSA) is 102 Å². The number of benzene rings is 2. The fourth-order valence-corrected chi connectivity index (χ4v) is 4.36. The smallest absolute Gasteiger partial charge is 0.294 e. The predicted octanol–water partition coefficient (Wildman–Crippen LogP) is 4.38. The van der Waals surface area contributed by atoms with Crippen LogP contribution in [0.15, 0.2) is 65.3 Å². The SMILES string of the molecule is COc1cc(OCc2cnnn2-c2ccccc2)c2cc(-c3cnc4sc(OC)nn34)oc2c1. The van der Waals surface area contributed by atoms with Gasteiger partial charge in [0.25, 0.3) is 5.19 Å². The van der Waals surface area contributed by atoms with E-state index in [1.807, 2.05) is 48.5 Å². The number of hydrogen-bond donors (Lipinski definition) is 0. The van der Waals surface area contributed by atoms with Gasteiger partial charge in [0.15, 0.2) is 5.76 Å². The van der Waals surface area contributed by atoms with Crippen LogP contribution < -0.4 is 14.2 Å². The molecule has 0 saturated carbocycles. The van der Waals surface area contributed by atoms with E-state index in [2.05, 4.69) is 20.4 Å². The molecule has 6 aromatic rings. The van der Waals surface area contributed by atoms with Crippen LogP contribution in [0.25, 0.3) is 33.1 Å². The summed E-state index contributed by atoms with van der Waals surface area (Å²) < 4.78 is 26.5. The van der Waals surface area contributed by atoms with Gasteiger partial charge in [0.2, 0.25) is 4.96 Å². The molecule has 11 heteroatoms. The highest BCUT2D eigenvalue weighted by Crippen LogP contribution is 2.38. The lowest BCUT2D eigenvalue weighted by Gasteiger charge is -2.10. The number of ether oxygens (including phenoxy) is 3. The molecule has 4 aromatic heterocycles. The van der Waals surface area contributed by atoms with E-state index in [1.54, 1.807) is 35.8 Å². The van der Waals surface area contributed by atoms with Crippen molar-refractivity contribution in [1.29, 1.82) is 0 Å². The highest BCUT2D eigenvalue weighted by Gasteiger charge is 2.19. The van der Waals surface area contributed by atoms with Gasteiger partial charge in [-0.25, -0.2) is 9.67 Å². The minimum atomic E-state index is 0.255. The van der Waals surface area contributed by atoms with E-state index in [-0.39, 0.29) is 6.61 Å². The number of furan rings is 1. The number of hydrogen-bond acceptors (Lipinski definition) is 9. The average molecular weight is 475 g/mol. The zero-order valence-electron chi connectivity index (χ0n) is 18.2. The molecule has 0 atom stereocenters. The van der Waals surface area contributed by atoms with Crippen molar-refractivity contribution in [2.75, 3.05) is 14.2 Å². The lowest BCUT2D eigenvalue weighted by molar-refractivity contribution is 0.299. The molecule has 0 bridgehead atoms. The molecule has 0 aliphatic rings. The summed E-state index contributed by atoms with van der Waals surface area (Å²) in [5, 5.41) is 14.0. The molecular formula is C23H18N6O4S. The molecule has 0 amide bonds. The fourth-order valence-electron chi connectivity index (χ4n) is 3.66. The Labute approximate surface area is 196 Å². The summed E-state index contributed by atoms with van der Waals surface area (Å²) in [6.07, 6.45) is 3.40. The maximum absolute atomic E-state index is 6.21. The van der Waals surface area contributed by atoms with Crippen LogP contribution in [0.5, 0.6) is 16.7 Å². The quantitative estimate of drug-likeness (QED) is 0.336. The van der Waals surface area contributed by atoms with Gasteiger partial charge in [-0.1, -0.05) is 23.4 Å². The van der Waals surface area contributed by atoms with Crippen LogP contribution in [0.1, 0.15) is 5.69 Å². The Morgan fingerprint density at radius 1 is 1.03 bits per heavy atom. The first kappa shape index (κ1) is 20.2. The van der Waals surface area contributed by atoms with E-state index in [0.717, 1.165) is 16.8 Å². The second-order valence-corrected chi connectivity index (χ2v) is 8.24. The van der Waals surface area contributed by atoms with Crippen molar-refractivity contribution in [1.82, 2.24) is 29.6 Å². The molecule has 0 aliphatic heterocycles. The first-order valence-corrected chi connectivity index (χ1v) is 11.1. The molecular weight excluding hydrogens is 456 g/mol. The fraction of sp³-hybridized carbons (Fsp3) is 0.130. The van der Waals surface area contributed by atoms with Gasteiger partial charge >= 0.3 is 0 Å². The van der Waals surface area contributed by atoms with Crippen LogP contribution in [0.2, 0.25) is 0 Å². The van der Waals surface area contributed by atoms with Crippen molar-refractivity contribution < 1.29 is 18.6 Å². The van der Waals surface area contributed by atoms with Crippen molar-refractivity contribution in [3.63, 3.8) is 0 Å². The van der Waals surface area contributed by atoms with E-state index >= 15 is 0 Å². The maximum atomic E-state index is 6.21. The molecule has 0 spiro atoms. The van der Waals surface area contributed by atoms with E-state index in [1.165, 1.54) is 11.3 Å². The van der Waals surface area contributed by atoms with E-state index in [9.17, 15) is 0 Å². The van der Waals surface area contributed by atoms with Gasteiger partial charge in [-0.05, 0) is 29.5 Å². The van der Waals surface area contributed by atoms with Crippen LogP contribution >= 0.6 is 11.3 Å². The number of imidazole rings is 1. The lowest BCUT2D eigenvalue weighted by atomic mass is 10.2. The number of nitrogens with zero attached hydrogens (tertiary/aromatic N) is 6. The number of methoxy groups -OCH3 is 2. The van der Waals surface area contributed by atoms with Gasteiger partial charge < -0.3 is 18.6 Å². The summed E-state index contributed by atoms with van der Waals surface area (Å²) in [4.78, 5) is 5.12. The van der Waals surface area contributed by atoms with E-state index < -0.39 is 0 Å². The van der Waals surface area contributed by atoms with Gasteiger partial charge in [-0.2, -0.15) is 4.52 Å². The van der Waals surface area contributed by atoms with Gasteiger partial charge in [0, 0.05) is 12.1 Å². The summed E-state index contributed by atoms with van der Waals surface area (Å²) in [6, 6.07) is 15.3. The van der Waals surface area contributed by atoms with E-state index in [0.29, 0.717) is 38.7 Å². The van der Waals surface area contributed by atoms with Crippen molar-refractivity contribution in [3.05, 3.63) is 66.6 Å². The third kappa shape index (κ3) is 3.42. The minimum absolute atomic E-state index is 0.255. The first-order chi connectivity index (χ1) is 16.7. The number of para-hydroxylation sites is 1. The summed E-state index contributed by atoms with van der Waals surface area (Å²) in [5.74, 6) is 1.83. The van der Waals surface area contributed by atoms with Gasteiger partial charge in [0.05, 0.1) is 37.7 Å². The summed E-state index contributed by atoms with van der Waals surface area (Å²) in [5.41, 5.74) is 3.04. The maximum Gasteiger partial charge on any atom is 0.294 e. The lowest BCUT2D eigenvalue weighted by Crippen LogP contribution is -2.05. The van der Waals surface area contributed by atoms with Gasteiger partial charge in [-0.15, -0.1) is 10.2 Å². The molecule has 2 aromatic carbocycles. The number of fused-ring (bicyclic) bond motifs is 2. The minimum Gasteiger partial charge on any atom is -0.496 e. The average Bonchev–Trinajstić information content (AvgIpc) is 3.65. The third-order valence-electron chi connectivity index (χ3n) is 5.30.